The molecule has 0 aliphatic carbocycles. The van der Waals surface area contributed by atoms with Gasteiger partial charge in [-0.15, -0.1) is 0 Å². The van der Waals surface area contributed by atoms with Crippen LogP contribution >= 0.6 is 12.2 Å². The van der Waals surface area contributed by atoms with Gasteiger partial charge in [-0.05, 0) is 18.9 Å². The summed E-state index contributed by atoms with van der Waals surface area (Å²) in [6, 6.07) is 1.82. The Morgan fingerprint density at radius 2 is 2.42 bits per heavy atom. The Hall–Kier alpha value is -1.69. The van der Waals surface area contributed by atoms with E-state index in [1.807, 2.05) is 6.07 Å². The largest absolute Gasteiger partial charge is 0.389 e. The van der Waals surface area contributed by atoms with E-state index < -0.39 is 0 Å². The van der Waals surface area contributed by atoms with Crippen molar-refractivity contribution in [2.24, 2.45) is 11.7 Å². The van der Waals surface area contributed by atoms with Gasteiger partial charge in [0.2, 0.25) is 5.91 Å². The van der Waals surface area contributed by atoms with E-state index in [0.717, 1.165) is 30.6 Å². The molecule has 1 amide bonds. The number of piperidine rings is 1. The number of thiocarbonyl (C=S) groups is 1. The number of rotatable bonds is 3. The van der Waals surface area contributed by atoms with Gasteiger partial charge in [-0.1, -0.05) is 12.2 Å². The Morgan fingerprint density at radius 3 is 3.11 bits per heavy atom. The minimum absolute atomic E-state index is 0.0122. The maximum Gasteiger partial charge on any atom is 0.224 e. The third-order valence-corrected chi connectivity index (χ3v) is 3.66. The van der Waals surface area contributed by atoms with Gasteiger partial charge >= 0.3 is 0 Å². The van der Waals surface area contributed by atoms with Crippen molar-refractivity contribution in [2.75, 3.05) is 25.0 Å². The maximum absolute atomic E-state index is 11.8. The summed E-state index contributed by atoms with van der Waals surface area (Å²) in [5.74, 6) is 0.101. The van der Waals surface area contributed by atoms with E-state index in [2.05, 4.69) is 15.2 Å². The van der Waals surface area contributed by atoms with Crippen LogP contribution in [0.5, 0.6) is 0 Å². The molecule has 1 fully saturated rings. The highest BCUT2D eigenvalue weighted by Gasteiger charge is 2.26. The second-order valence-electron chi connectivity index (χ2n) is 4.66. The van der Waals surface area contributed by atoms with Crippen LogP contribution in [0.15, 0.2) is 18.5 Å². The molecule has 102 valence electrons. The SMILES string of the molecule is CNC(=O)C1CCCN(c2cnccc2C(N)=S)C1. The molecule has 19 heavy (non-hydrogen) atoms. The molecule has 3 N–H and O–H groups in total. The monoisotopic (exact) mass is 278 g/mol. The first-order valence-corrected chi connectivity index (χ1v) is 6.74. The number of aromatic nitrogens is 1. The molecule has 1 aliphatic rings. The Morgan fingerprint density at radius 1 is 1.63 bits per heavy atom. The van der Waals surface area contributed by atoms with E-state index in [1.165, 1.54) is 0 Å². The number of nitrogens with two attached hydrogens (primary N) is 1. The molecule has 1 saturated heterocycles. The molecule has 1 atom stereocenters. The molecule has 0 saturated carbocycles. The summed E-state index contributed by atoms with van der Waals surface area (Å²) >= 11 is 5.07. The second kappa shape index (κ2) is 5.97. The Balaban J connectivity index is 2.22. The van der Waals surface area contributed by atoms with Gasteiger partial charge in [0.25, 0.3) is 0 Å². The van der Waals surface area contributed by atoms with E-state index >= 15 is 0 Å². The van der Waals surface area contributed by atoms with Crippen LogP contribution in [-0.4, -0.2) is 36.0 Å². The number of hydrogen-bond donors (Lipinski definition) is 2. The predicted molar refractivity (Wildman–Crippen MR) is 79.1 cm³/mol. The lowest BCUT2D eigenvalue weighted by Crippen LogP contribution is -2.42. The highest BCUT2D eigenvalue weighted by molar-refractivity contribution is 7.80. The second-order valence-corrected chi connectivity index (χ2v) is 5.10. The third kappa shape index (κ3) is 3.01. The topological polar surface area (TPSA) is 71.2 Å². The summed E-state index contributed by atoms with van der Waals surface area (Å²) in [6.45, 7) is 1.58. The molecule has 6 heteroatoms. The van der Waals surface area contributed by atoms with Crippen molar-refractivity contribution in [1.29, 1.82) is 0 Å². The number of carbonyl (C=O) groups is 1. The van der Waals surface area contributed by atoms with Crippen LogP contribution in [0.3, 0.4) is 0 Å². The maximum atomic E-state index is 11.8. The summed E-state index contributed by atoms with van der Waals surface area (Å²) in [4.78, 5) is 18.4. The standard InChI is InChI=1S/C13H18N4OS/c1-15-13(18)9-3-2-6-17(8-9)11-7-16-5-4-10(11)12(14)19/h4-5,7,9H,2-3,6,8H2,1H3,(H2,14,19)(H,15,18). The zero-order chi connectivity index (χ0) is 13.8. The van der Waals surface area contributed by atoms with Gasteiger partial charge in [-0.3, -0.25) is 9.78 Å². The van der Waals surface area contributed by atoms with Crippen molar-refractivity contribution >= 4 is 28.8 Å². The molecule has 0 radical (unpaired) electrons. The quantitative estimate of drug-likeness (QED) is 0.796. The molecular weight excluding hydrogens is 260 g/mol. The number of carbonyl (C=O) groups excluding carboxylic acids is 1. The van der Waals surface area contributed by atoms with Crippen LogP contribution in [-0.2, 0) is 4.79 Å². The number of amides is 1. The normalized spacial score (nSPS) is 19.0. The Labute approximate surface area is 118 Å². The molecule has 2 heterocycles. The Kier molecular flexibility index (Phi) is 4.31. The summed E-state index contributed by atoms with van der Waals surface area (Å²) in [5, 5.41) is 2.71. The average Bonchev–Trinajstić information content (AvgIpc) is 2.46. The zero-order valence-corrected chi connectivity index (χ0v) is 11.7. The predicted octanol–water partition coefficient (Wildman–Crippen LogP) is 0.678. The Bertz CT molecular complexity index is 491. The highest BCUT2D eigenvalue weighted by atomic mass is 32.1. The molecule has 2 rings (SSSR count). The van der Waals surface area contributed by atoms with Gasteiger partial charge in [0.15, 0.2) is 0 Å². The van der Waals surface area contributed by atoms with Crippen LogP contribution in [0, 0.1) is 5.92 Å². The third-order valence-electron chi connectivity index (χ3n) is 3.44. The number of pyridine rings is 1. The molecule has 0 spiro atoms. The van der Waals surface area contributed by atoms with Gasteiger partial charge in [-0.25, -0.2) is 0 Å². The van der Waals surface area contributed by atoms with Gasteiger partial charge < -0.3 is 16.0 Å². The van der Waals surface area contributed by atoms with Crippen molar-refractivity contribution in [1.82, 2.24) is 10.3 Å². The van der Waals surface area contributed by atoms with Crippen molar-refractivity contribution in [3.05, 3.63) is 24.0 Å². The van der Waals surface area contributed by atoms with Crippen molar-refractivity contribution in [3.63, 3.8) is 0 Å². The first-order valence-electron chi connectivity index (χ1n) is 6.34. The summed E-state index contributed by atoms with van der Waals surface area (Å²) < 4.78 is 0. The molecule has 0 aromatic carbocycles. The molecule has 1 aromatic rings. The van der Waals surface area contributed by atoms with E-state index in [0.29, 0.717) is 11.5 Å². The molecule has 1 unspecified atom stereocenters. The lowest BCUT2D eigenvalue weighted by molar-refractivity contribution is -0.124. The number of anilines is 1. The highest BCUT2D eigenvalue weighted by Crippen LogP contribution is 2.25. The van der Waals surface area contributed by atoms with Crippen LogP contribution in [0.1, 0.15) is 18.4 Å². The lowest BCUT2D eigenvalue weighted by atomic mass is 9.96. The summed E-state index contributed by atoms with van der Waals surface area (Å²) in [6.07, 6.45) is 5.33. The van der Waals surface area contributed by atoms with E-state index in [1.54, 1.807) is 19.4 Å². The zero-order valence-electron chi connectivity index (χ0n) is 10.9. The van der Waals surface area contributed by atoms with Crippen molar-refractivity contribution in [2.45, 2.75) is 12.8 Å². The van der Waals surface area contributed by atoms with Gasteiger partial charge in [-0.2, -0.15) is 0 Å². The van der Waals surface area contributed by atoms with E-state index in [-0.39, 0.29) is 11.8 Å². The van der Waals surface area contributed by atoms with Gasteiger partial charge in [0.1, 0.15) is 4.99 Å². The van der Waals surface area contributed by atoms with Crippen LogP contribution < -0.4 is 16.0 Å². The number of hydrogen-bond acceptors (Lipinski definition) is 4. The molecule has 1 aliphatic heterocycles. The minimum atomic E-state index is 0.0122. The molecular formula is C13H18N4OS. The van der Waals surface area contributed by atoms with E-state index in [9.17, 15) is 4.79 Å². The lowest BCUT2D eigenvalue weighted by Gasteiger charge is -2.34. The fourth-order valence-corrected chi connectivity index (χ4v) is 2.63. The van der Waals surface area contributed by atoms with Crippen molar-refractivity contribution < 1.29 is 4.79 Å². The van der Waals surface area contributed by atoms with Crippen molar-refractivity contribution in [3.8, 4) is 0 Å². The van der Waals surface area contributed by atoms with Crippen LogP contribution in [0.2, 0.25) is 0 Å². The molecule has 5 nitrogen and oxygen atoms in total. The minimum Gasteiger partial charge on any atom is -0.389 e. The van der Waals surface area contributed by atoms with Crippen LogP contribution in [0.4, 0.5) is 5.69 Å². The van der Waals surface area contributed by atoms with E-state index in [4.69, 9.17) is 18.0 Å². The fourth-order valence-electron chi connectivity index (χ4n) is 2.46. The number of nitrogens with zero attached hydrogens (tertiary/aromatic N) is 2. The summed E-state index contributed by atoms with van der Waals surface area (Å²) in [7, 11) is 1.67. The first kappa shape index (κ1) is 13.7. The van der Waals surface area contributed by atoms with Crippen LogP contribution in [0.25, 0.3) is 0 Å². The summed E-state index contributed by atoms with van der Waals surface area (Å²) in [5.41, 5.74) is 7.48. The number of nitrogens with one attached hydrogen (secondary N) is 1. The smallest absolute Gasteiger partial charge is 0.224 e. The molecule has 1 aromatic heterocycles. The first-order chi connectivity index (χ1) is 9.13. The molecule has 0 bridgehead atoms. The van der Waals surface area contributed by atoms with Gasteiger partial charge in [0.05, 0.1) is 17.8 Å². The van der Waals surface area contributed by atoms with Gasteiger partial charge in [0, 0.05) is 31.9 Å². The average molecular weight is 278 g/mol. The fraction of sp³-hybridized carbons (Fsp3) is 0.462.